The molecule has 0 bridgehead atoms. The van der Waals surface area contributed by atoms with E-state index in [-0.39, 0.29) is 32.8 Å². The van der Waals surface area contributed by atoms with E-state index in [2.05, 4.69) is 5.32 Å². The van der Waals surface area contributed by atoms with Gasteiger partial charge in [0.2, 0.25) is 26.0 Å². The Morgan fingerprint density at radius 3 is 2.23 bits per heavy atom. The fourth-order valence-electron chi connectivity index (χ4n) is 3.77. The molecule has 1 saturated heterocycles. The molecule has 0 spiro atoms. The summed E-state index contributed by atoms with van der Waals surface area (Å²) in [6, 6.07) is 8.65. The highest BCUT2D eigenvalue weighted by Crippen LogP contribution is 2.33. The average molecular weight is 546 g/mol. The number of sulfonamides is 2. The lowest BCUT2D eigenvalue weighted by molar-refractivity contribution is -0.114. The SMILES string of the molecule is COc1ccc(Cl)cc1N(CC(=O)Nc1ccc(OC)c(S(=O)(=O)N2CCCCC2)c1)S(C)(=O)=O. The number of rotatable bonds is 9. The number of hydrogen-bond donors (Lipinski definition) is 1. The van der Waals surface area contributed by atoms with E-state index in [1.165, 1.54) is 54.9 Å². The minimum Gasteiger partial charge on any atom is -0.495 e. The van der Waals surface area contributed by atoms with Gasteiger partial charge in [-0.1, -0.05) is 18.0 Å². The Morgan fingerprint density at radius 1 is 1.00 bits per heavy atom. The molecule has 1 amide bonds. The first-order valence-electron chi connectivity index (χ1n) is 10.8. The lowest BCUT2D eigenvalue weighted by atomic mass is 10.2. The molecule has 0 saturated carbocycles. The molecule has 0 atom stereocenters. The topological polar surface area (TPSA) is 122 Å². The Morgan fingerprint density at radius 2 is 1.63 bits per heavy atom. The van der Waals surface area contributed by atoms with Gasteiger partial charge in [0.05, 0.1) is 26.2 Å². The summed E-state index contributed by atoms with van der Waals surface area (Å²) in [5.41, 5.74) is 0.277. The number of nitrogens with zero attached hydrogens (tertiary/aromatic N) is 2. The van der Waals surface area contributed by atoms with Crippen molar-refractivity contribution < 1.29 is 31.1 Å². The molecule has 35 heavy (non-hydrogen) atoms. The van der Waals surface area contributed by atoms with Crippen molar-refractivity contribution in [2.45, 2.75) is 24.2 Å². The highest BCUT2D eigenvalue weighted by Gasteiger charge is 2.30. The molecule has 1 aliphatic heterocycles. The van der Waals surface area contributed by atoms with Crippen LogP contribution in [0.15, 0.2) is 41.3 Å². The maximum absolute atomic E-state index is 13.2. The second-order valence-corrected chi connectivity index (χ2v) is 12.2. The Balaban J connectivity index is 1.89. The van der Waals surface area contributed by atoms with Gasteiger partial charge in [0, 0.05) is 23.8 Å². The summed E-state index contributed by atoms with van der Waals surface area (Å²) in [7, 11) is -5.01. The van der Waals surface area contributed by atoms with Crippen molar-refractivity contribution in [2.75, 3.05) is 49.7 Å². The molecule has 1 N–H and O–H groups in total. The number of amides is 1. The van der Waals surface area contributed by atoms with E-state index in [0.29, 0.717) is 13.1 Å². The molecule has 10 nitrogen and oxygen atoms in total. The van der Waals surface area contributed by atoms with Gasteiger partial charge < -0.3 is 14.8 Å². The van der Waals surface area contributed by atoms with Crippen LogP contribution in [0, 0.1) is 0 Å². The molecular formula is C22H28ClN3O7S2. The van der Waals surface area contributed by atoms with Gasteiger partial charge in [-0.2, -0.15) is 4.31 Å². The predicted octanol–water partition coefficient (Wildman–Crippen LogP) is 2.94. The molecule has 2 aromatic rings. The van der Waals surface area contributed by atoms with E-state index in [4.69, 9.17) is 21.1 Å². The number of piperidine rings is 1. The van der Waals surface area contributed by atoms with Gasteiger partial charge in [0.25, 0.3) is 0 Å². The smallest absolute Gasteiger partial charge is 0.246 e. The van der Waals surface area contributed by atoms with Crippen LogP contribution in [0.1, 0.15) is 19.3 Å². The normalized spacial score (nSPS) is 14.9. The number of carbonyl (C=O) groups is 1. The van der Waals surface area contributed by atoms with Crippen LogP contribution in [0.25, 0.3) is 0 Å². The number of anilines is 2. The molecule has 1 heterocycles. The summed E-state index contributed by atoms with van der Waals surface area (Å²) >= 11 is 6.04. The van der Waals surface area contributed by atoms with Gasteiger partial charge in [-0.15, -0.1) is 0 Å². The average Bonchev–Trinajstić information content (AvgIpc) is 2.82. The van der Waals surface area contributed by atoms with Crippen LogP contribution in [-0.4, -0.2) is 67.2 Å². The Labute approximate surface area is 210 Å². The first-order chi connectivity index (χ1) is 16.5. The molecule has 192 valence electrons. The van der Waals surface area contributed by atoms with Crippen LogP contribution in [0.5, 0.6) is 11.5 Å². The summed E-state index contributed by atoms with van der Waals surface area (Å²) in [5, 5.41) is 2.84. The minimum absolute atomic E-state index is 0.0730. The molecule has 0 unspecified atom stereocenters. The van der Waals surface area contributed by atoms with Crippen LogP contribution in [-0.2, 0) is 24.8 Å². The molecule has 1 fully saturated rings. The Kier molecular flexibility index (Phi) is 8.52. The highest BCUT2D eigenvalue weighted by atomic mass is 35.5. The van der Waals surface area contributed by atoms with Crippen molar-refractivity contribution in [1.29, 1.82) is 0 Å². The standard InChI is InChI=1S/C22H28ClN3O7S2/c1-32-19-9-7-16(23)13-18(19)26(34(3,28)29)15-22(27)24-17-8-10-20(33-2)21(14-17)35(30,31)25-11-5-4-6-12-25/h7-10,13-14H,4-6,11-12,15H2,1-3H3,(H,24,27). The first-order valence-corrected chi connectivity index (χ1v) is 14.4. The second kappa shape index (κ2) is 11.0. The van der Waals surface area contributed by atoms with E-state index < -0.39 is 32.5 Å². The fraction of sp³-hybridized carbons (Fsp3) is 0.409. The van der Waals surface area contributed by atoms with Crippen LogP contribution in [0.2, 0.25) is 5.02 Å². The zero-order chi connectivity index (χ0) is 25.8. The predicted molar refractivity (Wildman–Crippen MR) is 134 cm³/mol. The van der Waals surface area contributed by atoms with Crippen molar-refractivity contribution in [3.63, 3.8) is 0 Å². The molecular weight excluding hydrogens is 518 g/mol. The fourth-order valence-corrected chi connectivity index (χ4v) is 6.49. The van der Waals surface area contributed by atoms with Gasteiger partial charge in [0.1, 0.15) is 22.9 Å². The second-order valence-electron chi connectivity index (χ2n) is 7.96. The zero-order valence-electron chi connectivity index (χ0n) is 19.7. The number of hydrogen-bond acceptors (Lipinski definition) is 7. The quantitative estimate of drug-likeness (QED) is 0.514. The van der Waals surface area contributed by atoms with E-state index >= 15 is 0 Å². The summed E-state index contributed by atoms with van der Waals surface area (Å²) in [4.78, 5) is 12.8. The lowest BCUT2D eigenvalue weighted by Gasteiger charge is -2.27. The van der Waals surface area contributed by atoms with Crippen LogP contribution in [0.3, 0.4) is 0 Å². The summed E-state index contributed by atoms with van der Waals surface area (Å²) < 4.78 is 64.2. The number of nitrogens with one attached hydrogen (secondary N) is 1. The molecule has 0 radical (unpaired) electrons. The zero-order valence-corrected chi connectivity index (χ0v) is 22.0. The largest absolute Gasteiger partial charge is 0.495 e. The van der Waals surface area contributed by atoms with Crippen LogP contribution in [0.4, 0.5) is 11.4 Å². The third-order valence-corrected chi connectivity index (χ3v) is 8.76. The number of ether oxygens (including phenoxy) is 2. The molecule has 0 aromatic heterocycles. The van der Waals surface area contributed by atoms with E-state index in [0.717, 1.165) is 29.8 Å². The maximum atomic E-state index is 13.2. The number of halogens is 1. The van der Waals surface area contributed by atoms with E-state index in [1.807, 2.05) is 0 Å². The number of benzene rings is 2. The van der Waals surface area contributed by atoms with Crippen molar-refractivity contribution in [3.8, 4) is 11.5 Å². The third-order valence-electron chi connectivity index (χ3n) is 5.48. The van der Waals surface area contributed by atoms with E-state index in [9.17, 15) is 21.6 Å². The highest BCUT2D eigenvalue weighted by molar-refractivity contribution is 7.92. The first kappa shape index (κ1) is 27.1. The van der Waals surface area contributed by atoms with Gasteiger partial charge in [-0.3, -0.25) is 9.10 Å². The Bertz CT molecular complexity index is 1290. The maximum Gasteiger partial charge on any atom is 0.246 e. The minimum atomic E-state index is -3.90. The van der Waals surface area contributed by atoms with Gasteiger partial charge in [-0.25, -0.2) is 16.8 Å². The molecule has 3 rings (SSSR count). The van der Waals surface area contributed by atoms with Crippen molar-refractivity contribution in [2.24, 2.45) is 0 Å². The van der Waals surface area contributed by atoms with Gasteiger partial charge in [0.15, 0.2) is 0 Å². The van der Waals surface area contributed by atoms with Crippen molar-refractivity contribution >= 4 is 48.9 Å². The lowest BCUT2D eigenvalue weighted by Crippen LogP contribution is -2.38. The monoisotopic (exact) mass is 545 g/mol. The number of methoxy groups -OCH3 is 2. The molecule has 13 heteroatoms. The number of carbonyl (C=O) groups excluding carboxylic acids is 1. The van der Waals surface area contributed by atoms with E-state index in [1.54, 1.807) is 0 Å². The molecule has 2 aromatic carbocycles. The van der Waals surface area contributed by atoms with Gasteiger partial charge in [-0.05, 0) is 49.2 Å². The molecule has 0 aliphatic carbocycles. The van der Waals surface area contributed by atoms with Crippen molar-refractivity contribution in [1.82, 2.24) is 4.31 Å². The third kappa shape index (κ3) is 6.37. The van der Waals surface area contributed by atoms with Crippen molar-refractivity contribution in [3.05, 3.63) is 41.4 Å². The summed E-state index contributed by atoms with van der Waals surface area (Å²) in [6.07, 6.45) is 3.46. The summed E-state index contributed by atoms with van der Waals surface area (Å²) in [5.74, 6) is -0.328. The van der Waals surface area contributed by atoms with Crippen LogP contribution >= 0.6 is 11.6 Å². The van der Waals surface area contributed by atoms with Gasteiger partial charge >= 0.3 is 0 Å². The Hall–Kier alpha value is -2.54. The summed E-state index contributed by atoms with van der Waals surface area (Å²) in [6.45, 7) is 0.232. The molecule has 1 aliphatic rings. The van der Waals surface area contributed by atoms with Crippen LogP contribution < -0.4 is 19.1 Å².